The molecule has 0 spiro atoms. The highest BCUT2D eigenvalue weighted by Crippen LogP contribution is 2.26. The van der Waals surface area contributed by atoms with Gasteiger partial charge in [0.05, 0.1) is 21.8 Å². The third kappa shape index (κ3) is 3.02. The van der Waals surface area contributed by atoms with Crippen LogP contribution in [0.4, 0.5) is 15.8 Å². The highest BCUT2D eigenvalue weighted by Gasteiger charge is 2.21. The minimum atomic E-state index is -0.536. The summed E-state index contributed by atoms with van der Waals surface area (Å²) in [5, 5.41) is 9.40. The number of carbonyl (C=O) groups is 1. The molecule has 6 heteroatoms. The van der Waals surface area contributed by atoms with E-state index in [1.165, 1.54) is 29.2 Å². The van der Waals surface area contributed by atoms with E-state index in [2.05, 4.69) is 0 Å². The van der Waals surface area contributed by atoms with Gasteiger partial charge in [-0.05, 0) is 43.3 Å². The third-order valence-corrected chi connectivity index (χ3v) is 3.48. The second-order valence-electron chi connectivity index (χ2n) is 4.56. The summed E-state index contributed by atoms with van der Waals surface area (Å²) in [6, 6.07) is 10.2. The Morgan fingerprint density at radius 1 is 1.36 bits per heavy atom. The summed E-state index contributed by atoms with van der Waals surface area (Å²) in [6.45, 7) is 2.05. The molecule has 0 saturated carbocycles. The molecule has 2 aromatic rings. The van der Waals surface area contributed by atoms with Crippen molar-refractivity contribution in [1.82, 2.24) is 0 Å². The van der Waals surface area contributed by atoms with Crippen molar-refractivity contribution in [2.45, 2.75) is 6.92 Å². The Labute approximate surface area is 132 Å². The van der Waals surface area contributed by atoms with Gasteiger partial charge < -0.3 is 10.6 Å². The van der Waals surface area contributed by atoms with Crippen LogP contribution in [0.15, 0.2) is 36.4 Å². The lowest BCUT2D eigenvalue weighted by Gasteiger charge is -2.23. The van der Waals surface area contributed by atoms with Gasteiger partial charge in [0.2, 0.25) is 0 Å². The Hall–Kier alpha value is -2.58. The predicted octanol–water partition coefficient (Wildman–Crippen LogP) is 3.60. The van der Waals surface area contributed by atoms with Gasteiger partial charge in [-0.25, -0.2) is 4.39 Å². The van der Waals surface area contributed by atoms with Gasteiger partial charge in [-0.3, -0.25) is 4.79 Å². The summed E-state index contributed by atoms with van der Waals surface area (Å²) in [7, 11) is 0. The summed E-state index contributed by atoms with van der Waals surface area (Å²) in [5.74, 6) is -0.936. The van der Waals surface area contributed by atoms with Crippen molar-refractivity contribution in [3.05, 3.63) is 58.4 Å². The largest absolute Gasteiger partial charge is 0.399 e. The van der Waals surface area contributed by atoms with Crippen LogP contribution in [0.2, 0.25) is 5.02 Å². The second-order valence-corrected chi connectivity index (χ2v) is 4.97. The molecule has 0 bridgehead atoms. The van der Waals surface area contributed by atoms with E-state index >= 15 is 0 Å². The molecule has 2 aromatic carbocycles. The number of benzene rings is 2. The van der Waals surface area contributed by atoms with Gasteiger partial charge in [0.15, 0.2) is 0 Å². The van der Waals surface area contributed by atoms with Gasteiger partial charge in [-0.1, -0.05) is 11.6 Å². The van der Waals surface area contributed by atoms with Gasteiger partial charge in [0.1, 0.15) is 11.9 Å². The van der Waals surface area contributed by atoms with Crippen LogP contribution in [-0.4, -0.2) is 12.5 Å². The molecule has 0 unspecified atom stereocenters. The third-order valence-electron chi connectivity index (χ3n) is 3.15. The molecule has 0 aliphatic carbocycles. The lowest BCUT2D eigenvalue weighted by atomic mass is 10.1. The average Bonchev–Trinajstić information content (AvgIpc) is 2.51. The predicted molar refractivity (Wildman–Crippen MR) is 84.3 cm³/mol. The number of nitrogens with zero attached hydrogens (tertiary/aromatic N) is 2. The fourth-order valence-corrected chi connectivity index (χ4v) is 2.31. The Morgan fingerprint density at radius 3 is 2.73 bits per heavy atom. The van der Waals surface area contributed by atoms with Crippen LogP contribution in [0.25, 0.3) is 0 Å². The fourth-order valence-electron chi connectivity index (χ4n) is 2.11. The maximum Gasteiger partial charge on any atom is 0.259 e. The molecule has 2 N–H and O–H groups in total. The van der Waals surface area contributed by atoms with E-state index in [-0.39, 0.29) is 16.1 Å². The van der Waals surface area contributed by atoms with E-state index in [0.29, 0.717) is 17.9 Å². The number of carbonyl (C=O) groups excluding carboxylic acids is 1. The van der Waals surface area contributed by atoms with Crippen LogP contribution in [0.3, 0.4) is 0 Å². The van der Waals surface area contributed by atoms with E-state index in [1.807, 2.05) is 6.07 Å². The minimum Gasteiger partial charge on any atom is -0.399 e. The standard InChI is InChI=1S/C16H13ClFN3O/c1-2-21(15-6-3-11(18)7-10(15)9-19)16(22)13-8-12(20)4-5-14(13)17/h3-8H,2,20H2,1H3. The van der Waals surface area contributed by atoms with Crippen LogP contribution in [-0.2, 0) is 0 Å². The van der Waals surface area contributed by atoms with Crippen molar-refractivity contribution in [3.63, 3.8) is 0 Å². The van der Waals surface area contributed by atoms with Crippen molar-refractivity contribution in [1.29, 1.82) is 5.26 Å². The molecule has 0 atom stereocenters. The topological polar surface area (TPSA) is 70.1 Å². The highest BCUT2D eigenvalue weighted by molar-refractivity contribution is 6.34. The van der Waals surface area contributed by atoms with Crippen LogP contribution >= 0.6 is 11.6 Å². The Kier molecular flexibility index (Phi) is 4.64. The lowest BCUT2D eigenvalue weighted by molar-refractivity contribution is 0.0988. The van der Waals surface area contributed by atoms with Gasteiger partial charge in [-0.15, -0.1) is 0 Å². The van der Waals surface area contributed by atoms with Crippen molar-refractivity contribution in [2.24, 2.45) is 0 Å². The molecular weight excluding hydrogens is 305 g/mol. The molecule has 0 aliphatic heterocycles. The zero-order chi connectivity index (χ0) is 16.3. The van der Waals surface area contributed by atoms with E-state index in [4.69, 9.17) is 22.6 Å². The number of hydrogen-bond acceptors (Lipinski definition) is 3. The van der Waals surface area contributed by atoms with E-state index < -0.39 is 11.7 Å². The molecule has 0 fully saturated rings. The molecule has 4 nitrogen and oxygen atoms in total. The molecule has 22 heavy (non-hydrogen) atoms. The summed E-state index contributed by atoms with van der Waals surface area (Å²) in [4.78, 5) is 14.0. The zero-order valence-electron chi connectivity index (χ0n) is 11.8. The quantitative estimate of drug-likeness (QED) is 0.879. The molecular formula is C16H13ClFN3O. The molecule has 2 rings (SSSR count). The second kappa shape index (κ2) is 6.46. The summed E-state index contributed by atoms with van der Waals surface area (Å²) < 4.78 is 13.3. The summed E-state index contributed by atoms with van der Waals surface area (Å²) in [5.41, 5.74) is 6.74. The van der Waals surface area contributed by atoms with Gasteiger partial charge in [-0.2, -0.15) is 5.26 Å². The summed E-state index contributed by atoms with van der Waals surface area (Å²) >= 11 is 6.05. The number of amides is 1. The van der Waals surface area contributed by atoms with Gasteiger partial charge in [0.25, 0.3) is 5.91 Å². The molecule has 112 valence electrons. The molecule has 0 radical (unpaired) electrons. The first-order chi connectivity index (χ1) is 10.5. The average molecular weight is 318 g/mol. The van der Waals surface area contributed by atoms with Crippen LogP contribution in [0.5, 0.6) is 0 Å². The number of nitriles is 1. The molecule has 1 amide bonds. The number of nitrogens with two attached hydrogens (primary N) is 1. The van der Waals surface area contributed by atoms with Crippen LogP contribution in [0, 0.1) is 17.1 Å². The maximum absolute atomic E-state index is 13.3. The zero-order valence-corrected chi connectivity index (χ0v) is 12.6. The highest BCUT2D eigenvalue weighted by atomic mass is 35.5. The molecule has 0 heterocycles. The van der Waals surface area contributed by atoms with E-state index in [0.717, 1.165) is 6.07 Å². The number of nitrogen functional groups attached to an aromatic ring is 1. The van der Waals surface area contributed by atoms with Crippen molar-refractivity contribution in [2.75, 3.05) is 17.2 Å². The molecule has 0 aliphatic rings. The molecule has 0 aromatic heterocycles. The van der Waals surface area contributed by atoms with Crippen LogP contribution in [0.1, 0.15) is 22.8 Å². The monoisotopic (exact) mass is 317 g/mol. The summed E-state index contributed by atoms with van der Waals surface area (Å²) in [6.07, 6.45) is 0. The lowest BCUT2D eigenvalue weighted by Crippen LogP contribution is -2.31. The number of halogens is 2. The Balaban J connectivity index is 2.51. The number of hydrogen-bond donors (Lipinski definition) is 1. The first-order valence-corrected chi connectivity index (χ1v) is 6.92. The van der Waals surface area contributed by atoms with Crippen molar-refractivity contribution in [3.8, 4) is 6.07 Å². The fraction of sp³-hybridized carbons (Fsp3) is 0.125. The normalized spacial score (nSPS) is 10.1. The smallest absolute Gasteiger partial charge is 0.259 e. The van der Waals surface area contributed by atoms with Crippen LogP contribution < -0.4 is 10.6 Å². The Bertz CT molecular complexity index is 770. The number of rotatable bonds is 3. The SMILES string of the molecule is CCN(C(=O)c1cc(N)ccc1Cl)c1ccc(F)cc1C#N. The first kappa shape index (κ1) is 15.8. The van der Waals surface area contributed by atoms with Crippen molar-refractivity contribution < 1.29 is 9.18 Å². The van der Waals surface area contributed by atoms with E-state index in [1.54, 1.807) is 13.0 Å². The maximum atomic E-state index is 13.3. The number of anilines is 2. The molecule has 0 saturated heterocycles. The first-order valence-electron chi connectivity index (χ1n) is 6.54. The minimum absolute atomic E-state index is 0.0789. The van der Waals surface area contributed by atoms with Gasteiger partial charge >= 0.3 is 0 Å². The van der Waals surface area contributed by atoms with E-state index in [9.17, 15) is 9.18 Å². The Morgan fingerprint density at radius 2 is 2.09 bits per heavy atom. The van der Waals surface area contributed by atoms with Gasteiger partial charge in [0, 0.05) is 12.2 Å². The van der Waals surface area contributed by atoms with Crippen molar-refractivity contribution >= 4 is 28.9 Å².